The van der Waals surface area contributed by atoms with Crippen molar-refractivity contribution in [2.75, 3.05) is 11.1 Å². The molecule has 0 bridgehead atoms. The molecule has 0 aliphatic carbocycles. The molecule has 2 aromatic heterocycles. The number of rotatable bonds is 7. The maximum atomic E-state index is 12.2. The van der Waals surface area contributed by atoms with Crippen molar-refractivity contribution in [1.29, 1.82) is 0 Å². The number of fused-ring (bicyclic) bond motifs is 1. The molecule has 2 heterocycles. The van der Waals surface area contributed by atoms with Gasteiger partial charge in [-0.3, -0.25) is 14.9 Å². The van der Waals surface area contributed by atoms with Gasteiger partial charge in [0.05, 0.1) is 34.6 Å². The molecule has 1 N–H and O–H groups in total. The van der Waals surface area contributed by atoms with E-state index in [9.17, 15) is 14.9 Å². The van der Waals surface area contributed by atoms with Crippen molar-refractivity contribution in [3.8, 4) is 0 Å². The van der Waals surface area contributed by atoms with Gasteiger partial charge in [-0.1, -0.05) is 23.9 Å². The first-order valence-electron chi connectivity index (χ1n) is 8.96. The molecule has 0 fully saturated rings. The van der Waals surface area contributed by atoms with Crippen LogP contribution in [0.25, 0.3) is 11.0 Å². The number of carbonyl (C=O) groups excluding carboxylic acids is 1. The summed E-state index contributed by atoms with van der Waals surface area (Å²) < 4.78 is 3.84. The van der Waals surface area contributed by atoms with Crippen molar-refractivity contribution in [2.45, 2.75) is 11.7 Å². The third-order valence-corrected chi connectivity index (χ3v) is 5.48. The lowest BCUT2D eigenvalue weighted by Crippen LogP contribution is -2.14. The van der Waals surface area contributed by atoms with Crippen LogP contribution in [0, 0.1) is 10.1 Å². The molecular weight excluding hydrogens is 406 g/mol. The lowest BCUT2D eigenvalue weighted by molar-refractivity contribution is -0.384. The molecule has 10 nitrogen and oxygen atoms in total. The van der Waals surface area contributed by atoms with Crippen LogP contribution in [0.15, 0.2) is 60.0 Å². The van der Waals surface area contributed by atoms with Crippen LogP contribution in [0.5, 0.6) is 0 Å². The van der Waals surface area contributed by atoms with Crippen molar-refractivity contribution in [2.24, 2.45) is 7.05 Å². The molecule has 30 heavy (non-hydrogen) atoms. The fourth-order valence-electron chi connectivity index (χ4n) is 2.89. The summed E-state index contributed by atoms with van der Waals surface area (Å²) in [6.07, 6.45) is 1.77. The van der Waals surface area contributed by atoms with Crippen LogP contribution in [-0.4, -0.2) is 40.9 Å². The Morgan fingerprint density at radius 1 is 1.17 bits per heavy atom. The lowest BCUT2D eigenvalue weighted by atomic mass is 10.3. The monoisotopic (exact) mass is 423 g/mol. The van der Waals surface area contributed by atoms with Crippen LogP contribution in [-0.2, 0) is 18.4 Å². The second-order valence-corrected chi connectivity index (χ2v) is 7.40. The van der Waals surface area contributed by atoms with Gasteiger partial charge in [-0.15, -0.1) is 10.2 Å². The van der Waals surface area contributed by atoms with Crippen LogP contribution >= 0.6 is 11.8 Å². The quantitative estimate of drug-likeness (QED) is 0.276. The Bertz CT molecular complexity index is 1220. The van der Waals surface area contributed by atoms with Gasteiger partial charge < -0.3 is 14.5 Å². The highest BCUT2D eigenvalue weighted by Gasteiger charge is 2.13. The van der Waals surface area contributed by atoms with Crippen LogP contribution < -0.4 is 5.32 Å². The zero-order chi connectivity index (χ0) is 21.1. The third kappa shape index (κ3) is 4.15. The zero-order valence-electron chi connectivity index (χ0n) is 15.9. The number of imidazole rings is 1. The molecule has 0 atom stereocenters. The molecule has 0 spiro atoms. The second kappa shape index (κ2) is 8.33. The summed E-state index contributed by atoms with van der Waals surface area (Å²) in [6.45, 7) is 0.513. The molecule has 0 aliphatic rings. The maximum Gasteiger partial charge on any atom is 0.269 e. The largest absolute Gasteiger partial charge is 0.325 e. The number of nitrogens with one attached hydrogen (secondary N) is 1. The Morgan fingerprint density at radius 3 is 2.70 bits per heavy atom. The molecule has 4 aromatic rings. The number of amides is 1. The SMILES string of the molecule is Cn1c(Cn2cnc3ccccc32)nnc1SCC(=O)Nc1ccc([N+](=O)[O-])cc1. The summed E-state index contributed by atoms with van der Waals surface area (Å²) in [5, 5.41) is 22.4. The molecule has 1 amide bonds. The number of nitro groups is 1. The van der Waals surface area contributed by atoms with Crippen LogP contribution in [0.2, 0.25) is 0 Å². The first-order chi connectivity index (χ1) is 14.5. The normalized spacial score (nSPS) is 11.0. The number of aromatic nitrogens is 5. The van der Waals surface area contributed by atoms with E-state index < -0.39 is 4.92 Å². The molecule has 0 aliphatic heterocycles. The minimum absolute atomic E-state index is 0.0281. The number of para-hydroxylation sites is 2. The Kier molecular flexibility index (Phi) is 5.44. The van der Waals surface area contributed by atoms with Gasteiger partial charge in [0.2, 0.25) is 5.91 Å². The van der Waals surface area contributed by atoms with Crippen molar-refractivity contribution < 1.29 is 9.72 Å². The number of hydrogen-bond donors (Lipinski definition) is 1. The average Bonchev–Trinajstić information content (AvgIpc) is 3.31. The highest BCUT2D eigenvalue weighted by atomic mass is 32.2. The number of hydrogen-bond acceptors (Lipinski definition) is 7. The zero-order valence-corrected chi connectivity index (χ0v) is 16.7. The van der Waals surface area contributed by atoms with E-state index in [-0.39, 0.29) is 17.3 Å². The molecular formula is C19H17N7O3S. The van der Waals surface area contributed by atoms with E-state index in [0.29, 0.717) is 17.4 Å². The Labute approximate surface area is 175 Å². The Balaban J connectivity index is 1.37. The van der Waals surface area contributed by atoms with Gasteiger partial charge in [-0.25, -0.2) is 4.98 Å². The highest BCUT2D eigenvalue weighted by molar-refractivity contribution is 7.99. The van der Waals surface area contributed by atoms with Crippen molar-refractivity contribution in [3.63, 3.8) is 0 Å². The molecule has 152 valence electrons. The number of nitro benzene ring substituents is 1. The van der Waals surface area contributed by atoms with Crippen LogP contribution in [0.3, 0.4) is 0 Å². The topological polar surface area (TPSA) is 121 Å². The fourth-order valence-corrected chi connectivity index (χ4v) is 3.62. The van der Waals surface area contributed by atoms with E-state index in [0.717, 1.165) is 16.9 Å². The van der Waals surface area contributed by atoms with E-state index in [1.165, 1.54) is 36.0 Å². The van der Waals surface area contributed by atoms with Gasteiger partial charge in [0.1, 0.15) is 0 Å². The van der Waals surface area contributed by atoms with E-state index >= 15 is 0 Å². The van der Waals surface area contributed by atoms with Crippen molar-refractivity contribution >= 4 is 40.1 Å². The first-order valence-corrected chi connectivity index (χ1v) is 9.95. The molecule has 2 aromatic carbocycles. The van der Waals surface area contributed by atoms with Crippen LogP contribution in [0.1, 0.15) is 5.82 Å². The summed E-state index contributed by atoms with van der Waals surface area (Å²) in [5.74, 6) is 0.646. The summed E-state index contributed by atoms with van der Waals surface area (Å²) in [5.41, 5.74) is 2.39. The van der Waals surface area contributed by atoms with Gasteiger partial charge in [-0.05, 0) is 24.3 Å². The molecule has 0 saturated carbocycles. The highest BCUT2D eigenvalue weighted by Crippen LogP contribution is 2.19. The Morgan fingerprint density at radius 2 is 1.93 bits per heavy atom. The van der Waals surface area contributed by atoms with E-state index in [2.05, 4.69) is 20.5 Å². The van der Waals surface area contributed by atoms with Crippen molar-refractivity contribution in [3.05, 3.63) is 70.8 Å². The third-order valence-electron chi connectivity index (χ3n) is 4.46. The summed E-state index contributed by atoms with van der Waals surface area (Å²) in [7, 11) is 1.85. The number of anilines is 1. The smallest absolute Gasteiger partial charge is 0.269 e. The minimum atomic E-state index is -0.486. The molecule has 11 heteroatoms. The van der Waals surface area contributed by atoms with Crippen LogP contribution in [0.4, 0.5) is 11.4 Å². The number of nitrogens with zero attached hydrogens (tertiary/aromatic N) is 6. The number of benzene rings is 2. The van der Waals surface area contributed by atoms with E-state index in [4.69, 9.17) is 0 Å². The molecule has 0 unspecified atom stereocenters. The number of carbonyl (C=O) groups is 1. The number of non-ortho nitro benzene ring substituents is 1. The van der Waals surface area contributed by atoms with Gasteiger partial charge in [0.25, 0.3) is 5.69 Å². The van der Waals surface area contributed by atoms with Crippen molar-refractivity contribution in [1.82, 2.24) is 24.3 Å². The number of thioether (sulfide) groups is 1. The predicted octanol–water partition coefficient (Wildman–Crippen LogP) is 2.85. The summed E-state index contributed by atoms with van der Waals surface area (Å²) in [6, 6.07) is 13.5. The predicted molar refractivity (Wildman–Crippen MR) is 112 cm³/mol. The van der Waals surface area contributed by atoms with Gasteiger partial charge in [0.15, 0.2) is 11.0 Å². The first kappa shape index (κ1) is 19.6. The standard InChI is InChI=1S/C19H17N7O3S/c1-24-17(10-25-12-20-15-4-2-3-5-16(15)25)22-23-19(24)30-11-18(27)21-13-6-8-14(9-7-13)26(28)29/h2-9,12H,10-11H2,1H3,(H,21,27). The van der Waals surface area contributed by atoms with E-state index in [1.807, 2.05) is 40.4 Å². The molecule has 0 saturated heterocycles. The maximum absolute atomic E-state index is 12.2. The van der Waals surface area contributed by atoms with E-state index in [1.54, 1.807) is 6.33 Å². The summed E-state index contributed by atoms with van der Waals surface area (Å²) >= 11 is 1.26. The van der Waals surface area contributed by atoms with Gasteiger partial charge >= 0.3 is 0 Å². The molecule has 0 radical (unpaired) electrons. The van der Waals surface area contributed by atoms with Gasteiger partial charge in [-0.2, -0.15) is 0 Å². The summed E-state index contributed by atoms with van der Waals surface area (Å²) in [4.78, 5) is 26.8. The molecule has 4 rings (SSSR count). The van der Waals surface area contributed by atoms with Gasteiger partial charge in [0, 0.05) is 24.9 Å². The Hall–Kier alpha value is -3.73. The minimum Gasteiger partial charge on any atom is -0.325 e. The fraction of sp³-hybridized carbons (Fsp3) is 0.158. The average molecular weight is 423 g/mol. The second-order valence-electron chi connectivity index (χ2n) is 6.46. The lowest BCUT2D eigenvalue weighted by Gasteiger charge is -2.06.